The van der Waals surface area contributed by atoms with E-state index in [1.165, 1.54) is 24.9 Å². The third kappa shape index (κ3) is 2.77. The van der Waals surface area contributed by atoms with Crippen LogP contribution in [0.1, 0.15) is 31.7 Å². The van der Waals surface area contributed by atoms with Crippen LogP contribution in [0.4, 0.5) is 5.69 Å². The Hall–Kier alpha value is -1.06. The zero-order valence-corrected chi connectivity index (χ0v) is 11.8. The molecule has 19 heavy (non-hydrogen) atoms. The predicted molar refractivity (Wildman–Crippen MR) is 78.2 cm³/mol. The van der Waals surface area contributed by atoms with Crippen LogP contribution < -0.4 is 5.73 Å². The number of hydrogen-bond donors (Lipinski definition) is 1. The Labute approximate surface area is 115 Å². The predicted octanol–water partition coefficient (Wildman–Crippen LogP) is 2.41. The Kier molecular flexibility index (Phi) is 3.50. The quantitative estimate of drug-likeness (QED) is 0.845. The molecule has 104 valence electrons. The van der Waals surface area contributed by atoms with Gasteiger partial charge in [0.05, 0.1) is 12.7 Å². The van der Waals surface area contributed by atoms with E-state index in [1.807, 2.05) is 12.1 Å². The second kappa shape index (κ2) is 5.14. The zero-order chi connectivity index (χ0) is 13.3. The number of anilines is 1. The van der Waals surface area contributed by atoms with Crippen LogP contribution in [0.5, 0.6) is 0 Å². The van der Waals surface area contributed by atoms with Crippen LogP contribution >= 0.6 is 0 Å². The first-order valence-electron chi connectivity index (χ1n) is 7.42. The average molecular weight is 260 g/mol. The summed E-state index contributed by atoms with van der Waals surface area (Å²) in [5.74, 6) is 0. The molecule has 1 aromatic carbocycles. The highest BCUT2D eigenvalue weighted by molar-refractivity contribution is 5.43. The number of morpholine rings is 1. The number of nitrogen functional groups attached to an aromatic ring is 1. The molecule has 0 spiro atoms. The first kappa shape index (κ1) is 12.9. The molecule has 1 aromatic rings. The number of nitrogens with zero attached hydrogens (tertiary/aromatic N) is 1. The van der Waals surface area contributed by atoms with Gasteiger partial charge in [0, 0.05) is 30.7 Å². The van der Waals surface area contributed by atoms with E-state index < -0.39 is 0 Å². The van der Waals surface area contributed by atoms with E-state index in [4.69, 9.17) is 10.5 Å². The Morgan fingerprint density at radius 2 is 2.05 bits per heavy atom. The van der Waals surface area contributed by atoms with Gasteiger partial charge in [0.2, 0.25) is 0 Å². The summed E-state index contributed by atoms with van der Waals surface area (Å²) >= 11 is 0. The fourth-order valence-corrected chi connectivity index (χ4v) is 3.12. The van der Waals surface area contributed by atoms with E-state index >= 15 is 0 Å². The summed E-state index contributed by atoms with van der Waals surface area (Å²) in [5, 5.41) is 0. The van der Waals surface area contributed by atoms with Crippen molar-refractivity contribution in [3.8, 4) is 0 Å². The molecule has 0 radical (unpaired) electrons. The summed E-state index contributed by atoms with van der Waals surface area (Å²) in [7, 11) is 0. The van der Waals surface area contributed by atoms with Gasteiger partial charge in [-0.1, -0.05) is 19.1 Å². The topological polar surface area (TPSA) is 38.5 Å². The molecule has 3 rings (SSSR count). The van der Waals surface area contributed by atoms with Gasteiger partial charge in [-0.3, -0.25) is 4.90 Å². The van der Waals surface area contributed by atoms with Crippen molar-refractivity contribution in [2.75, 3.05) is 32.0 Å². The van der Waals surface area contributed by atoms with Crippen LogP contribution in [0.2, 0.25) is 0 Å². The van der Waals surface area contributed by atoms with E-state index in [1.54, 1.807) is 0 Å². The van der Waals surface area contributed by atoms with Gasteiger partial charge in [-0.05, 0) is 37.0 Å². The highest BCUT2D eigenvalue weighted by Gasteiger charge is 2.45. The molecule has 1 saturated carbocycles. The lowest BCUT2D eigenvalue weighted by Crippen LogP contribution is -2.45. The maximum absolute atomic E-state index is 5.78. The first-order valence-corrected chi connectivity index (χ1v) is 7.42. The Morgan fingerprint density at radius 1 is 1.32 bits per heavy atom. The second-order valence-electron chi connectivity index (χ2n) is 6.04. The molecule has 1 atom stereocenters. The van der Waals surface area contributed by atoms with E-state index in [-0.39, 0.29) is 0 Å². The van der Waals surface area contributed by atoms with Crippen LogP contribution in [0.3, 0.4) is 0 Å². The highest BCUT2D eigenvalue weighted by Crippen LogP contribution is 2.49. The van der Waals surface area contributed by atoms with Gasteiger partial charge in [-0.15, -0.1) is 0 Å². The molecule has 2 aliphatic rings. The first-order chi connectivity index (χ1) is 9.22. The summed E-state index contributed by atoms with van der Waals surface area (Å²) in [6.45, 7) is 6.44. The molecule has 0 aromatic heterocycles. The van der Waals surface area contributed by atoms with Crippen molar-refractivity contribution in [3.63, 3.8) is 0 Å². The van der Waals surface area contributed by atoms with Crippen LogP contribution in [0, 0.1) is 0 Å². The standard InChI is InChI=1S/C16H24N2O/c1-2-15-11-18(9-10-19-15)12-16(7-8-16)13-3-5-14(17)6-4-13/h3-6,15H,2,7-12,17H2,1H3. The largest absolute Gasteiger partial charge is 0.399 e. The molecule has 3 heteroatoms. The lowest BCUT2D eigenvalue weighted by Gasteiger charge is -2.35. The lowest BCUT2D eigenvalue weighted by molar-refractivity contribution is -0.0323. The Bertz CT molecular complexity index is 425. The summed E-state index contributed by atoms with van der Waals surface area (Å²) in [4.78, 5) is 2.58. The van der Waals surface area contributed by atoms with Crippen molar-refractivity contribution in [1.29, 1.82) is 0 Å². The number of benzene rings is 1. The number of hydrogen-bond acceptors (Lipinski definition) is 3. The summed E-state index contributed by atoms with van der Waals surface area (Å²) < 4.78 is 5.76. The Balaban J connectivity index is 1.67. The van der Waals surface area contributed by atoms with Crippen molar-refractivity contribution >= 4 is 5.69 Å². The van der Waals surface area contributed by atoms with Crippen LogP contribution in [0.15, 0.2) is 24.3 Å². The number of rotatable bonds is 4. The van der Waals surface area contributed by atoms with Gasteiger partial charge in [-0.2, -0.15) is 0 Å². The molecule has 3 nitrogen and oxygen atoms in total. The second-order valence-corrected chi connectivity index (χ2v) is 6.04. The van der Waals surface area contributed by atoms with Gasteiger partial charge in [-0.25, -0.2) is 0 Å². The van der Waals surface area contributed by atoms with Crippen molar-refractivity contribution in [3.05, 3.63) is 29.8 Å². The minimum absolute atomic E-state index is 0.392. The van der Waals surface area contributed by atoms with Crippen LogP contribution in [0.25, 0.3) is 0 Å². The minimum Gasteiger partial charge on any atom is -0.399 e. The summed E-state index contributed by atoms with van der Waals surface area (Å²) in [5.41, 5.74) is 8.49. The molecule has 1 saturated heterocycles. The molecule has 2 N–H and O–H groups in total. The molecule has 1 aliphatic carbocycles. The minimum atomic E-state index is 0.392. The van der Waals surface area contributed by atoms with Crippen LogP contribution in [-0.4, -0.2) is 37.2 Å². The third-order valence-corrected chi connectivity index (χ3v) is 4.58. The molecule has 1 heterocycles. The third-order valence-electron chi connectivity index (χ3n) is 4.58. The van der Waals surface area contributed by atoms with Crippen molar-refractivity contribution in [2.45, 2.75) is 37.7 Å². The van der Waals surface area contributed by atoms with Crippen LogP contribution in [-0.2, 0) is 10.2 Å². The zero-order valence-electron chi connectivity index (χ0n) is 11.8. The van der Waals surface area contributed by atoms with Gasteiger partial charge in [0.15, 0.2) is 0 Å². The molecule has 0 amide bonds. The highest BCUT2D eigenvalue weighted by atomic mass is 16.5. The molecule has 1 aliphatic heterocycles. The normalized spacial score (nSPS) is 26.3. The van der Waals surface area contributed by atoms with Gasteiger partial charge in [0.25, 0.3) is 0 Å². The monoisotopic (exact) mass is 260 g/mol. The summed E-state index contributed by atoms with van der Waals surface area (Å²) in [6, 6.07) is 8.48. The molecular formula is C16H24N2O. The molecule has 0 bridgehead atoms. The fourth-order valence-electron chi connectivity index (χ4n) is 3.12. The van der Waals surface area contributed by atoms with Crippen molar-refractivity contribution < 1.29 is 4.74 Å². The smallest absolute Gasteiger partial charge is 0.0700 e. The number of nitrogens with two attached hydrogens (primary N) is 1. The molecular weight excluding hydrogens is 236 g/mol. The van der Waals surface area contributed by atoms with E-state index in [0.717, 1.165) is 31.8 Å². The van der Waals surface area contributed by atoms with E-state index in [2.05, 4.69) is 24.0 Å². The van der Waals surface area contributed by atoms with Gasteiger partial charge >= 0.3 is 0 Å². The Morgan fingerprint density at radius 3 is 2.68 bits per heavy atom. The molecule has 2 fully saturated rings. The van der Waals surface area contributed by atoms with Crippen molar-refractivity contribution in [2.24, 2.45) is 0 Å². The average Bonchev–Trinajstić information content (AvgIpc) is 3.20. The lowest BCUT2D eigenvalue weighted by atomic mass is 9.94. The van der Waals surface area contributed by atoms with E-state index in [0.29, 0.717) is 11.5 Å². The van der Waals surface area contributed by atoms with Crippen molar-refractivity contribution in [1.82, 2.24) is 4.90 Å². The number of ether oxygens (including phenoxy) is 1. The summed E-state index contributed by atoms with van der Waals surface area (Å²) in [6.07, 6.45) is 4.16. The van der Waals surface area contributed by atoms with Gasteiger partial charge in [0.1, 0.15) is 0 Å². The molecule has 1 unspecified atom stereocenters. The van der Waals surface area contributed by atoms with E-state index in [9.17, 15) is 0 Å². The SMILES string of the molecule is CCC1CN(CC2(c3ccc(N)cc3)CC2)CCO1. The maximum atomic E-state index is 5.78. The maximum Gasteiger partial charge on any atom is 0.0700 e. The fraction of sp³-hybridized carbons (Fsp3) is 0.625. The van der Waals surface area contributed by atoms with Gasteiger partial charge < -0.3 is 10.5 Å².